The Bertz CT molecular complexity index is 463. The lowest BCUT2D eigenvalue weighted by Crippen LogP contribution is -2.46. The molecule has 0 saturated carbocycles. The molecule has 1 aromatic carbocycles. The zero-order valence-electron chi connectivity index (χ0n) is 10.2. The molecule has 1 aromatic rings. The second-order valence-electron chi connectivity index (χ2n) is 4.72. The number of amides is 2. The highest BCUT2D eigenvalue weighted by Gasteiger charge is 2.23. The molecular weight excluding hydrogens is 236 g/mol. The van der Waals surface area contributed by atoms with Gasteiger partial charge in [-0.15, -0.1) is 0 Å². The molecule has 0 aliphatic heterocycles. The summed E-state index contributed by atoms with van der Waals surface area (Å²) in [6.45, 7) is 3.30. The number of carbonyl (C=O) groups is 2. The van der Waals surface area contributed by atoms with Crippen molar-refractivity contribution in [2.75, 3.05) is 0 Å². The molecular formula is C12H16N2O4. The van der Waals surface area contributed by atoms with Crippen LogP contribution >= 0.6 is 0 Å². The van der Waals surface area contributed by atoms with Gasteiger partial charge in [0.2, 0.25) is 5.91 Å². The van der Waals surface area contributed by atoms with E-state index in [-0.39, 0.29) is 23.5 Å². The number of benzene rings is 1. The molecule has 0 radical (unpaired) electrons. The fourth-order valence-corrected chi connectivity index (χ4v) is 1.59. The Labute approximate surface area is 104 Å². The van der Waals surface area contributed by atoms with E-state index >= 15 is 0 Å². The Kier molecular flexibility index (Phi) is 3.80. The molecule has 0 heterocycles. The second-order valence-corrected chi connectivity index (χ2v) is 4.72. The van der Waals surface area contributed by atoms with Crippen molar-refractivity contribution < 1.29 is 19.8 Å². The highest BCUT2D eigenvalue weighted by molar-refractivity contribution is 5.95. The number of carbonyl (C=O) groups excluding carboxylic acids is 2. The van der Waals surface area contributed by atoms with Gasteiger partial charge in [-0.2, -0.15) is 0 Å². The third kappa shape index (κ3) is 3.97. The number of primary amides is 1. The largest absolute Gasteiger partial charge is 0.508 e. The van der Waals surface area contributed by atoms with Crippen molar-refractivity contribution in [1.29, 1.82) is 0 Å². The monoisotopic (exact) mass is 252 g/mol. The maximum Gasteiger partial charge on any atom is 0.251 e. The fourth-order valence-electron chi connectivity index (χ4n) is 1.59. The smallest absolute Gasteiger partial charge is 0.251 e. The van der Waals surface area contributed by atoms with Crippen LogP contribution in [0.2, 0.25) is 0 Å². The van der Waals surface area contributed by atoms with Gasteiger partial charge < -0.3 is 21.3 Å². The van der Waals surface area contributed by atoms with E-state index in [2.05, 4.69) is 5.32 Å². The van der Waals surface area contributed by atoms with Crippen molar-refractivity contribution in [3.63, 3.8) is 0 Å². The second kappa shape index (κ2) is 4.95. The average molecular weight is 252 g/mol. The van der Waals surface area contributed by atoms with E-state index in [1.807, 2.05) is 0 Å². The van der Waals surface area contributed by atoms with Crippen LogP contribution in [0.3, 0.4) is 0 Å². The molecule has 1 rings (SSSR count). The maximum absolute atomic E-state index is 11.9. The predicted molar refractivity (Wildman–Crippen MR) is 65.1 cm³/mol. The van der Waals surface area contributed by atoms with E-state index in [4.69, 9.17) is 5.73 Å². The van der Waals surface area contributed by atoms with E-state index in [0.29, 0.717) is 0 Å². The van der Waals surface area contributed by atoms with E-state index < -0.39 is 17.4 Å². The highest BCUT2D eigenvalue weighted by Crippen LogP contribution is 2.21. The number of hydrogen-bond donors (Lipinski definition) is 4. The minimum absolute atomic E-state index is 0.0104. The van der Waals surface area contributed by atoms with Crippen LogP contribution in [0.4, 0.5) is 0 Å². The SMILES string of the molecule is CC(C)(CC(N)=O)NC(=O)c1cc(O)cc(O)c1. The van der Waals surface area contributed by atoms with Gasteiger partial charge in [0.25, 0.3) is 5.91 Å². The van der Waals surface area contributed by atoms with Crippen molar-refractivity contribution >= 4 is 11.8 Å². The number of nitrogens with two attached hydrogens (primary N) is 1. The first-order valence-electron chi connectivity index (χ1n) is 5.33. The predicted octanol–water partition coefficient (Wildman–Crippen LogP) is 0.482. The van der Waals surface area contributed by atoms with E-state index in [1.54, 1.807) is 13.8 Å². The summed E-state index contributed by atoms with van der Waals surface area (Å²) in [6.07, 6.45) is -0.0104. The van der Waals surface area contributed by atoms with Crippen molar-refractivity contribution in [1.82, 2.24) is 5.32 Å². The highest BCUT2D eigenvalue weighted by atomic mass is 16.3. The Hall–Kier alpha value is -2.24. The molecule has 0 aliphatic carbocycles. The van der Waals surface area contributed by atoms with E-state index in [9.17, 15) is 19.8 Å². The van der Waals surface area contributed by atoms with Crippen LogP contribution in [0.1, 0.15) is 30.6 Å². The number of rotatable bonds is 4. The van der Waals surface area contributed by atoms with Gasteiger partial charge >= 0.3 is 0 Å². The lowest BCUT2D eigenvalue weighted by Gasteiger charge is -2.24. The quantitative estimate of drug-likeness (QED) is 0.624. The van der Waals surface area contributed by atoms with E-state index in [0.717, 1.165) is 6.07 Å². The number of hydrogen-bond acceptors (Lipinski definition) is 4. The molecule has 0 spiro atoms. The third-order valence-corrected chi connectivity index (χ3v) is 2.23. The van der Waals surface area contributed by atoms with Crippen molar-refractivity contribution in [2.45, 2.75) is 25.8 Å². The van der Waals surface area contributed by atoms with Crippen LogP contribution in [-0.4, -0.2) is 27.6 Å². The summed E-state index contributed by atoms with van der Waals surface area (Å²) in [5.41, 5.74) is 4.37. The Morgan fingerprint density at radius 3 is 2.17 bits per heavy atom. The molecule has 0 saturated heterocycles. The molecule has 0 unspecified atom stereocenters. The summed E-state index contributed by atoms with van der Waals surface area (Å²) in [5, 5.41) is 21.1. The first-order chi connectivity index (χ1) is 8.19. The molecule has 5 N–H and O–H groups in total. The third-order valence-electron chi connectivity index (χ3n) is 2.23. The fraction of sp³-hybridized carbons (Fsp3) is 0.333. The van der Waals surface area contributed by atoms with Crippen LogP contribution < -0.4 is 11.1 Å². The van der Waals surface area contributed by atoms with Crippen LogP contribution in [0.25, 0.3) is 0 Å². The Morgan fingerprint density at radius 1 is 1.22 bits per heavy atom. The van der Waals surface area contributed by atoms with Gasteiger partial charge in [0.05, 0.1) is 0 Å². The molecule has 6 nitrogen and oxygen atoms in total. The Morgan fingerprint density at radius 2 is 1.72 bits per heavy atom. The maximum atomic E-state index is 11.9. The van der Waals surface area contributed by atoms with Crippen LogP contribution in [0, 0.1) is 0 Å². The van der Waals surface area contributed by atoms with Gasteiger partial charge in [-0.25, -0.2) is 0 Å². The first-order valence-corrected chi connectivity index (χ1v) is 5.33. The van der Waals surface area contributed by atoms with Gasteiger partial charge in [0.15, 0.2) is 0 Å². The molecule has 18 heavy (non-hydrogen) atoms. The summed E-state index contributed by atoms with van der Waals surface area (Å²) >= 11 is 0. The van der Waals surface area contributed by atoms with Gasteiger partial charge in [0.1, 0.15) is 11.5 Å². The van der Waals surface area contributed by atoms with Gasteiger partial charge in [-0.1, -0.05) is 0 Å². The summed E-state index contributed by atoms with van der Waals surface area (Å²) in [5.74, 6) is -1.47. The molecule has 98 valence electrons. The molecule has 0 atom stereocenters. The summed E-state index contributed by atoms with van der Waals surface area (Å²) in [6, 6.07) is 3.55. The molecule has 2 amide bonds. The molecule has 0 fully saturated rings. The minimum atomic E-state index is -0.802. The lowest BCUT2D eigenvalue weighted by atomic mass is 9.99. The summed E-state index contributed by atoms with van der Waals surface area (Å²) in [7, 11) is 0. The normalized spacial score (nSPS) is 11.0. The zero-order chi connectivity index (χ0) is 13.9. The number of aromatic hydroxyl groups is 2. The standard InChI is InChI=1S/C12H16N2O4/c1-12(2,6-10(13)17)14-11(18)7-3-8(15)5-9(16)4-7/h3-5,15-16H,6H2,1-2H3,(H2,13,17)(H,14,18). The van der Waals surface area contributed by atoms with Crippen molar-refractivity contribution in [3.8, 4) is 11.5 Å². The van der Waals surface area contributed by atoms with Gasteiger partial charge in [-0.05, 0) is 26.0 Å². The lowest BCUT2D eigenvalue weighted by molar-refractivity contribution is -0.119. The topological polar surface area (TPSA) is 113 Å². The minimum Gasteiger partial charge on any atom is -0.508 e. The first kappa shape index (κ1) is 13.8. The number of phenols is 2. The molecule has 6 heteroatoms. The van der Waals surface area contributed by atoms with Crippen molar-refractivity contribution in [3.05, 3.63) is 23.8 Å². The molecule has 0 aromatic heterocycles. The number of phenolic OH excluding ortho intramolecular Hbond substituents is 2. The zero-order valence-corrected chi connectivity index (χ0v) is 10.2. The van der Waals surface area contributed by atoms with Crippen LogP contribution in [0.5, 0.6) is 11.5 Å². The van der Waals surface area contributed by atoms with Gasteiger partial charge in [0, 0.05) is 23.6 Å². The van der Waals surface area contributed by atoms with E-state index in [1.165, 1.54) is 12.1 Å². The van der Waals surface area contributed by atoms with Gasteiger partial charge in [-0.3, -0.25) is 9.59 Å². The van der Waals surface area contributed by atoms with Crippen molar-refractivity contribution in [2.24, 2.45) is 5.73 Å². The number of nitrogens with one attached hydrogen (secondary N) is 1. The average Bonchev–Trinajstić information content (AvgIpc) is 2.12. The summed E-state index contributed by atoms with van der Waals surface area (Å²) in [4.78, 5) is 22.7. The van der Waals surface area contributed by atoms with Crippen LogP contribution in [0.15, 0.2) is 18.2 Å². The summed E-state index contributed by atoms with van der Waals surface area (Å²) < 4.78 is 0. The molecule has 0 aliphatic rings. The Balaban J connectivity index is 2.85. The van der Waals surface area contributed by atoms with Crippen LogP contribution in [-0.2, 0) is 4.79 Å². The molecule has 0 bridgehead atoms.